The van der Waals surface area contributed by atoms with Gasteiger partial charge in [0.2, 0.25) is 0 Å². The van der Waals surface area contributed by atoms with E-state index in [-0.39, 0.29) is 12.1 Å². The van der Waals surface area contributed by atoms with Crippen LogP contribution in [0.3, 0.4) is 0 Å². The third-order valence-electron chi connectivity index (χ3n) is 5.56. The smallest absolute Gasteiger partial charge is 0.324 e. The fraction of sp³-hybridized carbons (Fsp3) is 0.579. The first-order valence-electron chi connectivity index (χ1n) is 9.04. The average molecular weight is 340 g/mol. The van der Waals surface area contributed by atoms with E-state index in [1.165, 1.54) is 5.56 Å². The van der Waals surface area contributed by atoms with E-state index in [1.54, 1.807) is 7.11 Å². The zero-order valence-corrected chi connectivity index (χ0v) is 14.8. The largest absolute Gasteiger partial charge is 0.494 e. The molecule has 1 aromatic rings. The van der Waals surface area contributed by atoms with E-state index in [9.17, 15) is 4.79 Å². The number of nitrogens with zero attached hydrogens (tertiary/aromatic N) is 3. The average Bonchev–Trinajstić information content (AvgIpc) is 3.37. The second kappa shape index (κ2) is 6.23. The lowest BCUT2D eigenvalue weighted by molar-refractivity contribution is 0.192. The number of carbonyl (C=O) groups is 1. The minimum Gasteiger partial charge on any atom is -0.494 e. The maximum atomic E-state index is 13.0. The molecule has 0 bridgehead atoms. The Balaban J connectivity index is 1.74. The van der Waals surface area contributed by atoms with Crippen molar-refractivity contribution < 1.29 is 9.53 Å². The zero-order chi connectivity index (χ0) is 17.6. The number of benzene rings is 1. The van der Waals surface area contributed by atoms with Gasteiger partial charge in [-0.25, -0.2) is 4.79 Å². The minimum absolute atomic E-state index is 0.0444. The molecular weight excluding hydrogens is 316 g/mol. The number of amides is 2. The summed E-state index contributed by atoms with van der Waals surface area (Å²) in [5, 5.41) is 12.5. The Morgan fingerprint density at radius 2 is 2.20 bits per heavy atom. The van der Waals surface area contributed by atoms with Gasteiger partial charge >= 0.3 is 6.03 Å². The molecule has 1 N–H and O–H groups in total. The van der Waals surface area contributed by atoms with Gasteiger partial charge in [0.25, 0.3) is 0 Å². The van der Waals surface area contributed by atoms with E-state index >= 15 is 0 Å². The summed E-state index contributed by atoms with van der Waals surface area (Å²) in [6.07, 6.45) is 3.67. The van der Waals surface area contributed by atoms with Crippen LogP contribution in [-0.4, -0.2) is 37.2 Å². The zero-order valence-electron chi connectivity index (χ0n) is 14.8. The van der Waals surface area contributed by atoms with E-state index in [2.05, 4.69) is 17.5 Å². The van der Waals surface area contributed by atoms with E-state index in [1.807, 2.05) is 16.7 Å². The molecule has 1 aromatic carbocycles. The van der Waals surface area contributed by atoms with Crippen molar-refractivity contribution in [1.29, 1.82) is 5.26 Å². The SMILES string of the molecule is COc1c(N2CCCN(C3CC3)C2=O)cc2c(c1C)C(CC#N)NC2. The Morgan fingerprint density at radius 1 is 1.40 bits per heavy atom. The lowest BCUT2D eigenvalue weighted by Gasteiger charge is -2.37. The number of anilines is 1. The highest BCUT2D eigenvalue weighted by molar-refractivity contribution is 5.95. The molecule has 4 rings (SSSR count). The maximum absolute atomic E-state index is 13.0. The molecule has 6 heteroatoms. The number of ether oxygens (including phenoxy) is 1. The normalized spacial score (nSPS) is 22.8. The first kappa shape index (κ1) is 16.2. The van der Waals surface area contributed by atoms with Gasteiger partial charge in [-0.3, -0.25) is 4.90 Å². The number of urea groups is 1. The van der Waals surface area contributed by atoms with E-state index in [0.717, 1.165) is 61.5 Å². The van der Waals surface area contributed by atoms with Crippen LogP contribution in [0.25, 0.3) is 0 Å². The number of nitrogens with one attached hydrogen (secondary N) is 1. The summed E-state index contributed by atoms with van der Waals surface area (Å²) in [6.45, 7) is 4.35. The van der Waals surface area contributed by atoms with Crippen LogP contribution in [0.5, 0.6) is 5.75 Å². The molecular formula is C19H24N4O2. The first-order chi connectivity index (χ1) is 12.2. The van der Waals surface area contributed by atoms with Crippen molar-refractivity contribution in [1.82, 2.24) is 10.2 Å². The minimum atomic E-state index is 0.0444. The fourth-order valence-electron chi connectivity index (χ4n) is 4.25. The maximum Gasteiger partial charge on any atom is 0.324 e. The highest BCUT2D eigenvalue weighted by atomic mass is 16.5. The highest BCUT2D eigenvalue weighted by Gasteiger charge is 2.39. The van der Waals surface area contributed by atoms with E-state index in [0.29, 0.717) is 12.5 Å². The first-order valence-corrected chi connectivity index (χ1v) is 9.04. The van der Waals surface area contributed by atoms with Gasteiger partial charge in [-0.2, -0.15) is 5.26 Å². The van der Waals surface area contributed by atoms with Gasteiger partial charge in [0.1, 0.15) is 5.75 Å². The molecule has 132 valence electrons. The summed E-state index contributed by atoms with van der Waals surface area (Å²) < 4.78 is 5.72. The van der Waals surface area contributed by atoms with Crippen molar-refractivity contribution in [2.24, 2.45) is 0 Å². The number of hydrogen-bond donors (Lipinski definition) is 1. The van der Waals surface area contributed by atoms with Crippen LogP contribution >= 0.6 is 0 Å². The Bertz CT molecular complexity index is 751. The van der Waals surface area contributed by atoms with Crippen molar-refractivity contribution in [3.63, 3.8) is 0 Å². The molecule has 3 aliphatic rings. The molecule has 1 atom stereocenters. The number of rotatable bonds is 4. The summed E-state index contributed by atoms with van der Waals surface area (Å²) in [5.41, 5.74) is 4.24. The van der Waals surface area contributed by atoms with Gasteiger partial charge in [-0.05, 0) is 48.9 Å². The summed E-state index contributed by atoms with van der Waals surface area (Å²) >= 11 is 0. The van der Waals surface area contributed by atoms with Gasteiger partial charge in [0.15, 0.2) is 0 Å². The molecule has 2 aliphatic heterocycles. The lowest BCUT2D eigenvalue weighted by Crippen LogP contribution is -2.50. The van der Waals surface area contributed by atoms with Crippen LogP contribution in [0.4, 0.5) is 10.5 Å². The van der Waals surface area contributed by atoms with Crippen molar-refractivity contribution in [2.45, 2.75) is 51.2 Å². The fourth-order valence-corrected chi connectivity index (χ4v) is 4.25. The molecule has 2 fully saturated rings. The van der Waals surface area contributed by atoms with E-state index < -0.39 is 0 Å². The van der Waals surface area contributed by atoms with Crippen LogP contribution in [0.2, 0.25) is 0 Å². The van der Waals surface area contributed by atoms with E-state index in [4.69, 9.17) is 10.00 Å². The quantitative estimate of drug-likeness (QED) is 0.915. The molecule has 1 saturated carbocycles. The van der Waals surface area contributed by atoms with Gasteiger partial charge in [-0.1, -0.05) is 0 Å². The standard InChI is InChI=1S/C19H24N4O2/c1-12-17-13(11-21-15(17)6-7-20)10-16(18(12)25-2)23-9-3-8-22(19(23)24)14-4-5-14/h10,14-15,21H,3-6,8-9,11H2,1-2H3. The molecule has 1 aliphatic carbocycles. The van der Waals surface area contributed by atoms with Gasteiger partial charge in [0, 0.05) is 31.7 Å². The van der Waals surface area contributed by atoms with Gasteiger partial charge in [-0.15, -0.1) is 0 Å². The molecule has 1 saturated heterocycles. The molecule has 2 amide bonds. The molecule has 0 aromatic heterocycles. The number of carbonyl (C=O) groups excluding carboxylic acids is 1. The monoisotopic (exact) mass is 340 g/mol. The highest BCUT2D eigenvalue weighted by Crippen LogP contribution is 2.43. The number of nitriles is 1. The van der Waals surface area contributed by atoms with Crippen LogP contribution in [0, 0.1) is 18.3 Å². The Morgan fingerprint density at radius 3 is 2.88 bits per heavy atom. The summed E-state index contributed by atoms with van der Waals surface area (Å²) in [5.74, 6) is 0.761. The third-order valence-corrected chi connectivity index (χ3v) is 5.56. The number of fused-ring (bicyclic) bond motifs is 1. The van der Waals surface area contributed by atoms with Gasteiger partial charge in [0.05, 0.1) is 25.3 Å². The second-order valence-corrected chi connectivity index (χ2v) is 7.13. The van der Waals surface area contributed by atoms with Crippen LogP contribution in [0.1, 0.15) is 48.4 Å². The molecule has 0 radical (unpaired) electrons. The summed E-state index contributed by atoms with van der Waals surface area (Å²) in [7, 11) is 1.66. The van der Waals surface area contributed by atoms with Crippen molar-refractivity contribution in [3.8, 4) is 11.8 Å². The Kier molecular flexibility index (Phi) is 4.04. The van der Waals surface area contributed by atoms with Crippen LogP contribution in [-0.2, 0) is 6.54 Å². The van der Waals surface area contributed by atoms with Gasteiger partial charge < -0.3 is 15.0 Å². The van der Waals surface area contributed by atoms with Crippen LogP contribution in [0.15, 0.2) is 6.07 Å². The lowest BCUT2D eigenvalue weighted by atomic mass is 9.95. The van der Waals surface area contributed by atoms with Crippen LogP contribution < -0.4 is 15.0 Å². The second-order valence-electron chi connectivity index (χ2n) is 7.13. The molecule has 1 unspecified atom stereocenters. The number of methoxy groups -OCH3 is 1. The predicted molar refractivity (Wildman–Crippen MR) is 94.6 cm³/mol. The Hall–Kier alpha value is -2.26. The topological polar surface area (TPSA) is 68.6 Å². The van der Waals surface area contributed by atoms with Crippen molar-refractivity contribution >= 4 is 11.7 Å². The molecule has 25 heavy (non-hydrogen) atoms. The third kappa shape index (κ3) is 2.63. The molecule has 0 spiro atoms. The summed E-state index contributed by atoms with van der Waals surface area (Å²) in [6, 6.07) is 4.91. The Labute approximate surface area is 148 Å². The van der Waals surface area contributed by atoms with Crippen molar-refractivity contribution in [2.75, 3.05) is 25.1 Å². The number of hydrogen-bond acceptors (Lipinski definition) is 4. The molecule has 2 heterocycles. The molecule has 6 nitrogen and oxygen atoms in total. The predicted octanol–water partition coefficient (Wildman–Crippen LogP) is 2.86. The summed E-state index contributed by atoms with van der Waals surface area (Å²) in [4.78, 5) is 16.9. The van der Waals surface area contributed by atoms with Crippen molar-refractivity contribution in [3.05, 3.63) is 22.8 Å².